The predicted molar refractivity (Wildman–Crippen MR) is 116 cm³/mol. The van der Waals surface area contributed by atoms with Crippen molar-refractivity contribution in [1.82, 2.24) is 10.7 Å². The third-order valence-corrected chi connectivity index (χ3v) is 6.77. The van der Waals surface area contributed by atoms with Crippen molar-refractivity contribution in [2.24, 2.45) is 10.1 Å². The normalized spacial score (nSPS) is 13.6. The van der Waals surface area contributed by atoms with E-state index in [0.717, 1.165) is 24.6 Å². The molecule has 0 aromatic heterocycles. The summed E-state index contributed by atoms with van der Waals surface area (Å²) in [5, 5.41) is 11.5. The van der Waals surface area contributed by atoms with E-state index in [1.165, 1.54) is 15.9 Å². The molecule has 4 nitrogen and oxygen atoms in total. The topological polar surface area (TPSA) is 48.8 Å². The van der Waals surface area contributed by atoms with Crippen LogP contribution in [0.1, 0.15) is 5.56 Å². The Hall–Kier alpha value is -2.97. The van der Waals surface area contributed by atoms with Gasteiger partial charge in [0.05, 0.1) is 12.8 Å². The highest BCUT2D eigenvalue weighted by molar-refractivity contribution is 7.80. The lowest BCUT2D eigenvalue weighted by molar-refractivity contribution is 0.920. The molecular formula is C22H21N4P. The Morgan fingerprint density at radius 3 is 2.11 bits per heavy atom. The van der Waals surface area contributed by atoms with Gasteiger partial charge in [-0.05, 0) is 23.8 Å². The summed E-state index contributed by atoms with van der Waals surface area (Å²) in [5.74, 6) is 0.733. The maximum atomic E-state index is 4.40. The van der Waals surface area contributed by atoms with Crippen LogP contribution in [-0.4, -0.2) is 25.3 Å². The molecule has 4 rings (SSSR count). The molecule has 1 aliphatic rings. The number of benzene rings is 3. The average Bonchev–Trinajstić information content (AvgIpc) is 3.25. The Balaban J connectivity index is 1.71. The number of aliphatic imine (C=N–C) groups is 1. The van der Waals surface area contributed by atoms with E-state index in [2.05, 4.69) is 106 Å². The highest BCUT2D eigenvalue weighted by Crippen LogP contribution is 2.33. The van der Waals surface area contributed by atoms with Crippen LogP contribution in [0.3, 0.4) is 0 Å². The summed E-state index contributed by atoms with van der Waals surface area (Å²) in [4.78, 5) is 4.30. The van der Waals surface area contributed by atoms with E-state index in [0.29, 0.717) is 0 Å². The molecule has 27 heavy (non-hydrogen) atoms. The first-order chi connectivity index (χ1) is 13.4. The van der Waals surface area contributed by atoms with Crippen molar-refractivity contribution in [3.05, 3.63) is 90.5 Å². The molecule has 0 amide bonds. The molecule has 1 heterocycles. The number of rotatable bonds is 5. The summed E-state index contributed by atoms with van der Waals surface area (Å²) in [6, 6.07) is 29.9. The molecular weight excluding hydrogens is 351 g/mol. The largest absolute Gasteiger partial charge is 0.353 e. The third kappa shape index (κ3) is 4.24. The van der Waals surface area contributed by atoms with Gasteiger partial charge in [-0.3, -0.25) is 0 Å². The molecule has 0 bridgehead atoms. The van der Waals surface area contributed by atoms with Crippen molar-refractivity contribution in [2.75, 3.05) is 13.1 Å². The van der Waals surface area contributed by atoms with Gasteiger partial charge in [-0.2, -0.15) is 5.10 Å². The fraction of sp³-hybridized carbons (Fsp3) is 0.0909. The number of hydrogen-bond donors (Lipinski definition) is 2. The zero-order valence-corrected chi connectivity index (χ0v) is 15.8. The van der Waals surface area contributed by atoms with E-state index in [4.69, 9.17) is 0 Å². The minimum Gasteiger partial charge on any atom is -0.353 e. The van der Waals surface area contributed by atoms with Crippen LogP contribution >= 0.6 is 7.92 Å². The zero-order valence-electron chi connectivity index (χ0n) is 14.9. The Morgan fingerprint density at radius 1 is 0.852 bits per heavy atom. The molecule has 2 N–H and O–H groups in total. The lowest BCUT2D eigenvalue weighted by Gasteiger charge is -2.21. The molecule has 0 spiro atoms. The molecule has 3 aromatic rings. The van der Waals surface area contributed by atoms with Crippen LogP contribution in [0.4, 0.5) is 0 Å². The maximum absolute atomic E-state index is 4.40. The van der Waals surface area contributed by atoms with E-state index >= 15 is 0 Å². The lowest BCUT2D eigenvalue weighted by atomic mass is 10.2. The molecule has 0 atom stereocenters. The van der Waals surface area contributed by atoms with E-state index in [1.807, 2.05) is 6.21 Å². The number of nitrogens with zero attached hydrogens (tertiary/aromatic N) is 2. The van der Waals surface area contributed by atoms with E-state index < -0.39 is 7.92 Å². The van der Waals surface area contributed by atoms with Gasteiger partial charge >= 0.3 is 0 Å². The van der Waals surface area contributed by atoms with Gasteiger partial charge in [0.25, 0.3) is 0 Å². The van der Waals surface area contributed by atoms with E-state index in [1.54, 1.807) is 0 Å². The Morgan fingerprint density at radius 2 is 1.48 bits per heavy atom. The van der Waals surface area contributed by atoms with Gasteiger partial charge in [0.1, 0.15) is 0 Å². The summed E-state index contributed by atoms with van der Waals surface area (Å²) >= 11 is 0. The second kappa shape index (κ2) is 8.61. The van der Waals surface area contributed by atoms with Crippen molar-refractivity contribution >= 4 is 36.0 Å². The molecule has 3 aromatic carbocycles. The van der Waals surface area contributed by atoms with Crippen molar-refractivity contribution in [3.63, 3.8) is 0 Å². The monoisotopic (exact) mass is 372 g/mol. The fourth-order valence-corrected chi connectivity index (χ4v) is 5.44. The van der Waals surface area contributed by atoms with Gasteiger partial charge in [0.15, 0.2) is 0 Å². The first kappa shape index (κ1) is 17.4. The SMILES string of the molecule is C(=NNC1=NCCN1)c1ccccc1P(c1ccccc1)c1ccccc1. The van der Waals surface area contributed by atoms with Crippen LogP contribution in [0.2, 0.25) is 0 Å². The predicted octanol–water partition coefficient (Wildman–Crippen LogP) is 2.33. The first-order valence-electron chi connectivity index (χ1n) is 8.98. The fourth-order valence-electron chi connectivity index (χ4n) is 3.02. The van der Waals surface area contributed by atoms with Gasteiger partial charge < -0.3 is 5.32 Å². The van der Waals surface area contributed by atoms with Crippen LogP contribution in [-0.2, 0) is 0 Å². The van der Waals surface area contributed by atoms with Crippen LogP contribution in [0.5, 0.6) is 0 Å². The first-order valence-corrected chi connectivity index (χ1v) is 10.3. The summed E-state index contributed by atoms with van der Waals surface area (Å²) in [6.07, 6.45) is 1.89. The second-order valence-corrected chi connectivity index (χ2v) is 8.28. The highest BCUT2D eigenvalue weighted by atomic mass is 31.1. The van der Waals surface area contributed by atoms with Crippen LogP contribution in [0.15, 0.2) is 95.0 Å². The smallest absolute Gasteiger partial charge is 0.212 e. The Bertz CT molecular complexity index is 899. The number of hydrazone groups is 1. The molecule has 0 unspecified atom stereocenters. The van der Waals surface area contributed by atoms with Crippen molar-refractivity contribution in [3.8, 4) is 0 Å². The zero-order chi connectivity index (χ0) is 18.3. The summed E-state index contributed by atoms with van der Waals surface area (Å²) in [6.45, 7) is 1.66. The van der Waals surface area contributed by atoms with Gasteiger partial charge in [-0.1, -0.05) is 84.9 Å². The highest BCUT2D eigenvalue weighted by Gasteiger charge is 2.18. The van der Waals surface area contributed by atoms with Gasteiger partial charge in [-0.25, -0.2) is 10.4 Å². The minimum atomic E-state index is -0.658. The minimum absolute atomic E-state index is 0.658. The Labute approximate surface area is 160 Å². The van der Waals surface area contributed by atoms with E-state index in [-0.39, 0.29) is 0 Å². The maximum Gasteiger partial charge on any atom is 0.212 e. The Kier molecular flexibility index (Phi) is 5.56. The molecule has 134 valence electrons. The molecule has 0 aliphatic carbocycles. The van der Waals surface area contributed by atoms with Crippen molar-refractivity contribution in [2.45, 2.75) is 0 Å². The van der Waals surface area contributed by atoms with Gasteiger partial charge in [-0.15, -0.1) is 0 Å². The van der Waals surface area contributed by atoms with Crippen LogP contribution < -0.4 is 26.7 Å². The van der Waals surface area contributed by atoms with Crippen LogP contribution in [0, 0.1) is 0 Å². The molecule has 0 fully saturated rings. The number of hydrogen-bond acceptors (Lipinski definition) is 4. The summed E-state index contributed by atoms with van der Waals surface area (Å²) < 4.78 is 0. The lowest BCUT2D eigenvalue weighted by Crippen LogP contribution is -2.30. The molecule has 0 saturated heterocycles. The van der Waals surface area contributed by atoms with E-state index in [9.17, 15) is 0 Å². The molecule has 5 heteroatoms. The quantitative estimate of drug-likeness (QED) is 0.410. The number of nitrogens with one attached hydrogen (secondary N) is 2. The van der Waals surface area contributed by atoms with Gasteiger partial charge in [0.2, 0.25) is 5.96 Å². The van der Waals surface area contributed by atoms with Crippen molar-refractivity contribution < 1.29 is 0 Å². The average molecular weight is 372 g/mol. The summed E-state index contributed by atoms with van der Waals surface area (Å²) in [5.41, 5.74) is 4.10. The standard InChI is InChI=1S/C22H21N4P/c1-3-10-19(11-4-1)27(20-12-5-2-6-13-20)21-14-8-7-9-18(21)17-25-26-22-23-15-16-24-22/h1-14,17H,15-16H2,(H2,23,24,26). The molecule has 1 aliphatic heterocycles. The molecule has 0 saturated carbocycles. The van der Waals surface area contributed by atoms with Crippen LogP contribution in [0.25, 0.3) is 0 Å². The second-order valence-electron chi connectivity index (χ2n) is 6.09. The summed E-state index contributed by atoms with van der Waals surface area (Å²) in [7, 11) is -0.658. The molecule has 0 radical (unpaired) electrons. The number of guanidine groups is 1. The van der Waals surface area contributed by atoms with Gasteiger partial charge in [0, 0.05) is 12.1 Å². The van der Waals surface area contributed by atoms with Crippen molar-refractivity contribution in [1.29, 1.82) is 0 Å². The third-order valence-electron chi connectivity index (χ3n) is 4.25.